The lowest BCUT2D eigenvalue weighted by Crippen LogP contribution is -2.35. The van der Waals surface area contributed by atoms with Crippen molar-refractivity contribution >= 4 is 6.03 Å². The van der Waals surface area contributed by atoms with Gasteiger partial charge in [0, 0.05) is 13.1 Å². The average molecular weight is 248 g/mol. The minimum Gasteiger partial charge on any atom is -0.338 e. The predicted molar refractivity (Wildman–Crippen MR) is 75.5 cm³/mol. The Balaban J connectivity index is 2.15. The monoisotopic (exact) mass is 248 g/mol. The first kappa shape index (κ1) is 14.6. The Morgan fingerprint density at radius 1 is 1.17 bits per heavy atom. The molecule has 0 aliphatic heterocycles. The summed E-state index contributed by atoms with van der Waals surface area (Å²) in [6.07, 6.45) is 2.19. The zero-order chi connectivity index (χ0) is 13.4. The van der Waals surface area contributed by atoms with Crippen molar-refractivity contribution < 1.29 is 4.79 Å². The number of benzene rings is 1. The van der Waals surface area contributed by atoms with Crippen molar-refractivity contribution in [1.29, 1.82) is 0 Å². The molecular weight excluding hydrogens is 224 g/mol. The van der Waals surface area contributed by atoms with Gasteiger partial charge >= 0.3 is 6.03 Å². The van der Waals surface area contributed by atoms with Gasteiger partial charge in [-0.05, 0) is 31.2 Å². The highest BCUT2D eigenvalue weighted by Gasteiger charge is 2.00. The smallest absolute Gasteiger partial charge is 0.315 e. The lowest BCUT2D eigenvalue weighted by molar-refractivity contribution is 0.240. The van der Waals surface area contributed by atoms with E-state index in [9.17, 15) is 4.79 Å². The van der Waals surface area contributed by atoms with Crippen molar-refractivity contribution in [2.24, 2.45) is 5.92 Å². The Hall–Kier alpha value is -1.51. The summed E-state index contributed by atoms with van der Waals surface area (Å²) in [5, 5.41) is 5.73. The van der Waals surface area contributed by atoms with E-state index in [4.69, 9.17) is 0 Å². The van der Waals surface area contributed by atoms with Crippen LogP contribution in [0.1, 0.15) is 37.8 Å². The van der Waals surface area contributed by atoms with E-state index >= 15 is 0 Å². The van der Waals surface area contributed by atoms with E-state index in [0.717, 1.165) is 24.9 Å². The highest BCUT2D eigenvalue weighted by Crippen LogP contribution is 2.03. The topological polar surface area (TPSA) is 41.1 Å². The summed E-state index contributed by atoms with van der Waals surface area (Å²) in [5.41, 5.74) is 2.36. The van der Waals surface area contributed by atoms with Crippen LogP contribution in [0.2, 0.25) is 0 Å². The minimum atomic E-state index is -0.0840. The first-order valence-electron chi connectivity index (χ1n) is 6.65. The molecule has 1 aromatic carbocycles. The molecule has 0 aliphatic carbocycles. The predicted octanol–water partition coefficient (Wildman–Crippen LogP) is 3.23. The Morgan fingerprint density at radius 2 is 1.83 bits per heavy atom. The Morgan fingerprint density at radius 3 is 2.44 bits per heavy atom. The average Bonchev–Trinajstić information content (AvgIpc) is 2.34. The molecule has 0 fully saturated rings. The maximum absolute atomic E-state index is 11.5. The Kier molecular flexibility index (Phi) is 6.26. The largest absolute Gasteiger partial charge is 0.338 e. The van der Waals surface area contributed by atoms with Crippen molar-refractivity contribution in [3.8, 4) is 0 Å². The zero-order valence-electron chi connectivity index (χ0n) is 11.6. The maximum atomic E-state index is 11.5. The number of aryl methyl sites for hydroxylation is 1. The summed E-state index contributed by atoms with van der Waals surface area (Å²) in [6.45, 7) is 7.77. The van der Waals surface area contributed by atoms with Gasteiger partial charge in [0.15, 0.2) is 0 Å². The fraction of sp³-hybridized carbons (Fsp3) is 0.533. The van der Waals surface area contributed by atoms with Crippen LogP contribution < -0.4 is 10.6 Å². The van der Waals surface area contributed by atoms with Gasteiger partial charge in [-0.1, -0.05) is 43.7 Å². The Labute approximate surface area is 110 Å². The van der Waals surface area contributed by atoms with Crippen LogP contribution in [0, 0.1) is 12.8 Å². The second kappa shape index (κ2) is 7.75. The fourth-order valence-electron chi connectivity index (χ4n) is 1.66. The SMILES string of the molecule is Cc1ccc(CNC(=O)NCCCC(C)C)cc1. The molecule has 0 aromatic heterocycles. The summed E-state index contributed by atoms with van der Waals surface area (Å²) in [6, 6.07) is 8.09. The quantitative estimate of drug-likeness (QED) is 0.746. The molecule has 0 radical (unpaired) electrons. The van der Waals surface area contributed by atoms with Gasteiger partial charge in [0.05, 0.1) is 0 Å². The molecule has 3 nitrogen and oxygen atoms in total. The maximum Gasteiger partial charge on any atom is 0.315 e. The third-order valence-corrected chi connectivity index (χ3v) is 2.82. The standard InChI is InChI=1S/C15H24N2O/c1-12(2)5-4-10-16-15(18)17-11-14-8-6-13(3)7-9-14/h6-9,12H,4-5,10-11H2,1-3H3,(H2,16,17,18). The van der Waals surface area contributed by atoms with E-state index in [0.29, 0.717) is 12.5 Å². The highest BCUT2D eigenvalue weighted by molar-refractivity contribution is 5.73. The third-order valence-electron chi connectivity index (χ3n) is 2.82. The lowest BCUT2D eigenvalue weighted by Gasteiger charge is -2.08. The number of carbonyl (C=O) groups is 1. The molecule has 3 heteroatoms. The zero-order valence-corrected chi connectivity index (χ0v) is 11.6. The second-order valence-electron chi connectivity index (χ2n) is 5.13. The molecule has 0 heterocycles. The van der Waals surface area contributed by atoms with Crippen molar-refractivity contribution in [2.45, 2.75) is 40.2 Å². The number of urea groups is 1. The van der Waals surface area contributed by atoms with E-state index in [1.807, 2.05) is 12.1 Å². The summed E-state index contributed by atoms with van der Waals surface area (Å²) >= 11 is 0. The first-order chi connectivity index (χ1) is 8.58. The van der Waals surface area contributed by atoms with E-state index in [2.05, 4.69) is 43.5 Å². The Bertz CT molecular complexity index is 357. The molecule has 0 aliphatic rings. The van der Waals surface area contributed by atoms with Gasteiger partial charge < -0.3 is 10.6 Å². The second-order valence-corrected chi connectivity index (χ2v) is 5.13. The van der Waals surface area contributed by atoms with Crippen LogP contribution in [0.15, 0.2) is 24.3 Å². The highest BCUT2D eigenvalue weighted by atomic mass is 16.2. The molecule has 0 spiro atoms. The van der Waals surface area contributed by atoms with E-state index in [1.165, 1.54) is 5.56 Å². The number of rotatable bonds is 6. The molecule has 1 rings (SSSR count). The van der Waals surface area contributed by atoms with Gasteiger partial charge in [-0.25, -0.2) is 4.79 Å². The van der Waals surface area contributed by atoms with Crippen LogP contribution in [-0.4, -0.2) is 12.6 Å². The number of hydrogen-bond donors (Lipinski definition) is 2. The molecular formula is C15H24N2O. The van der Waals surface area contributed by atoms with Gasteiger partial charge in [-0.2, -0.15) is 0 Å². The van der Waals surface area contributed by atoms with Crippen molar-refractivity contribution in [3.05, 3.63) is 35.4 Å². The summed E-state index contributed by atoms with van der Waals surface area (Å²) in [4.78, 5) is 11.5. The van der Waals surface area contributed by atoms with Gasteiger partial charge in [0.25, 0.3) is 0 Å². The lowest BCUT2D eigenvalue weighted by atomic mass is 10.1. The van der Waals surface area contributed by atoms with Crippen molar-refractivity contribution in [3.63, 3.8) is 0 Å². The van der Waals surface area contributed by atoms with Gasteiger partial charge in [-0.3, -0.25) is 0 Å². The molecule has 2 N–H and O–H groups in total. The van der Waals surface area contributed by atoms with Crippen LogP contribution in [0.5, 0.6) is 0 Å². The van der Waals surface area contributed by atoms with Gasteiger partial charge in [-0.15, -0.1) is 0 Å². The number of amides is 2. The van der Waals surface area contributed by atoms with Crippen molar-refractivity contribution in [1.82, 2.24) is 10.6 Å². The van der Waals surface area contributed by atoms with Gasteiger partial charge in [0.2, 0.25) is 0 Å². The van der Waals surface area contributed by atoms with E-state index in [-0.39, 0.29) is 6.03 Å². The van der Waals surface area contributed by atoms with Crippen molar-refractivity contribution in [2.75, 3.05) is 6.54 Å². The van der Waals surface area contributed by atoms with E-state index < -0.39 is 0 Å². The first-order valence-corrected chi connectivity index (χ1v) is 6.65. The number of hydrogen-bond acceptors (Lipinski definition) is 1. The normalized spacial score (nSPS) is 10.4. The molecule has 0 bridgehead atoms. The fourth-order valence-corrected chi connectivity index (χ4v) is 1.66. The summed E-state index contributed by atoms with van der Waals surface area (Å²) in [5.74, 6) is 0.697. The van der Waals surface area contributed by atoms with Gasteiger partial charge in [0.1, 0.15) is 0 Å². The summed E-state index contributed by atoms with van der Waals surface area (Å²) in [7, 11) is 0. The molecule has 100 valence electrons. The van der Waals surface area contributed by atoms with Crippen LogP contribution in [-0.2, 0) is 6.54 Å². The molecule has 1 aromatic rings. The third kappa shape index (κ3) is 6.28. The molecule has 2 amide bonds. The molecule has 18 heavy (non-hydrogen) atoms. The van der Waals surface area contributed by atoms with Crippen LogP contribution in [0.3, 0.4) is 0 Å². The number of nitrogens with one attached hydrogen (secondary N) is 2. The molecule has 0 saturated heterocycles. The van der Waals surface area contributed by atoms with Crippen LogP contribution in [0.4, 0.5) is 4.79 Å². The molecule has 0 unspecified atom stereocenters. The van der Waals surface area contributed by atoms with Crippen LogP contribution in [0.25, 0.3) is 0 Å². The summed E-state index contributed by atoms with van der Waals surface area (Å²) < 4.78 is 0. The minimum absolute atomic E-state index is 0.0840. The molecule has 0 saturated carbocycles. The van der Waals surface area contributed by atoms with E-state index in [1.54, 1.807) is 0 Å². The number of carbonyl (C=O) groups excluding carboxylic acids is 1. The molecule has 0 atom stereocenters. The van der Waals surface area contributed by atoms with Crippen LogP contribution >= 0.6 is 0 Å².